The molecule has 4 nitrogen and oxygen atoms in total. The van der Waals surface area contributed by atoms with Crippen molar-refractivity contribution < 1.29 is 0 Å². The van der Waals surface area contributed by atoms with Crippen molar-refractivity contribution in [2.24, 2.45) is 0 Å². The Hall–Kier alpha value is -2.10. The van der Waals surface area contributed by atoms with Crippen LogP contribution in [0.4, 0.5) is 17.3 Å². The molecule has 0 saturated heterocycles. The summed E-state index contributed by atoms with van der Waals surface area (Å²) < 4.78 is 0. The minimum absolute atomic E-state index is 0.356. The van der Waals surface area contributed by atoms with Crippen LogP contribution >= 0.6 is 0 Å². The number of benzene rings is 1. The zero-order valence-corrected chi connectivity index (χ0v) is 11.7. The first-order valence-corrected chi connectivity index (χ1v) is 6.62. The van der Waals surface area contributed by atoms with Gasteiger partial charge in [-0.15, -0.1) is 0 Å². The van der Waals surface area contributed by atoms with Crippen molar-refractivity contribution in [2.45, 2.75) is 26.8 Å². The van der Waals surface area contributed by atoms with Gasteiger partial charge in [-0.05, 0) is 32.9 Å². The Morgan fingerprint density at radius 3 is 2.53 bits per heavy atom. The minimum Gasteiger partial charge on any atom is -0.368 e. The molecular weight excluding hydrogens is 236 g/mol. The van der Waals surface area contributed by atoms with E-state index in [1.165, 1.54) is 0 Å². The molecule has 0 bridgehead atoms. The predicted octanol–water partition coefficient (Wildman–Crippen LogP) is 3.45. The van der Waals surface area contributed by atoms with Gasteiger partial charge in [-0.2, -0.15) is 0 Å². The summed E-state index contributed by atoms with van der Waals surface area (Å²) in [5.74, 6) is 1.77. The highest BCUT2D eigenvalue weighted by Gasteiger charge is 2.09. The van der Waals surface area contributed by atoms with Crippen molar-refractivity contribution in [3.63, 3.8) is 0 Å². The van der Waals surface area contributed by atoms with Crippen molar-refractivity contribution in [1.29, 1.82) is 0 Å². The lowest BCUT2D eigenvalue weighted by Gasteiger charge is -2.22. The molecule has 0 amide bonds. The fourth-order valence-electron chi connectivity index (χ4n) is 1.95. The molecule has 0 saturated carbocycles. The van der Waals surface area contributed by atoms with Crippen LogP contribution in [0.2, 0.25) is 0 Å². The van der Waals surface area contributed by atoms with Gasteiger partial charge in [0.2, 0.25) is 0 Å². The molecule has 1 N–H and O–H groups in total. The van der Waals surface area contributed by atoms with E-state index in [4.69, 9.17) is 0 Å². The number of anilines is 3. The first-order valence-electron chi connectivity index (χ1n) is 6.62. The maximum absolute atomic E-state index is 4.37. The van der Waals surface area contributed by atoms with E-state index in [1.807, 2.05) is 24.3 Å². The zero-order valence-electron chi connectivity index (χ0n) is 11.7. The summed E-state index contributed by atoms with van der Waals surface area (Å²) in [6.45, 7) is 7.17. The summed E-state index contributed by atoms with van der Waals surface area (Å²) in [7, 11) is 0. The maximum atomic E-state index is 4.37. The van der Waals surface area contributed by atoms with Crippen molar-refractivity contribution >= 4 is 17.3 Å². The third-order valence-corrected chi connectivity index (χ3v) is 2.75. The molecule has 1 aromatic heterocycles. The molecule has 0 aliphatic carbocycles. The average molecular weight is 256 g/mol. The highest BCUT2D eigenvalue weighted by molar-refractivity contribution is 5.61. The summed E-state index contributed by atoms with van der Waals surface area (Å²) in [6, 6.07) is 12.6. The van der Waals surface area contributed by atoms with Gasteiger partial charge in [0.05, 0.1) is 0 Å². The molecule has 0 fully saturated rings. The third kappa shape index (κ3) is 3.44. The first-order chi connectivity index (χ1) is 9.20. The second-order valence-corrected chi connectivity index (χ2v) is 4.64. The van der Waals surface area contributed by atoms with Crippen molar-refractivity contribution in [3.8, 4) is 0 Å². The van der Waals surface area contributed by atoms with E-state index in [0.717, 1.165) is 23.9 Å². The summed E-state index contributed by atoms with van der Waals surface area (Å²) >= 11 is 0. The Morgan fingerprint density at radius 2 is 1.89 bits per heavy atom. The zero-order chi connectivity index (χ0) is 13.7. The highest BCUT2D eigenvalue weighted by Crippen LogP contribution is 2.23. The van der Waals surface area contributed by atoms with E-state index in [9.17, 15) is 0 Å². The lowest BCUT2D eigenvalue weighted by Crippen LogP contribution is -2.18. The molecule has 0 unspecified atom stereocenters. The van der Waals surface area contributed by atoms with Crippen molar-refractivity contribution in [3.05, 3.63) is 42.7 Å². The monoisotopic (exact) mass is 256 g/mol. The Balaban J connectivity index is 2.28. The second-order valence-electron chi connectivity index (χ2n) is 4.64. The number of rotatable bonds is 5. The molecule has 0 aliphatic rings. The van der Waals surface area contributed by atoms with Crippen molar-refractivity contribution in [1.82, 2.24) is 9.97 Å². The maximum Gasteiger partial charge on any atom is 0.138 e. The van der Waals surface area contributed by atoms with E-state index in [1.54, 1.807) is 6.33 Å². The summed E-state index contributed by atoms with van der Waals surface area (Å²) in [5, 5.41) is 3.30. The van der Waals surface area contributed by atoms with E-state index in [2.05, 4.69) is 53.1 Å². The molecule has 0 aliphatic heterocycles. The number of hydrogen-bond donors (Lipinski definition) is 1. The number of para-hydroxylation sites is 1. The van der Waals surface area contributed by atoms with Crippen LogP contribution in [-0.4, -0.2) is 22.6 Å². The smallest absolute Gasteiger partial charge is 0.138 e. The van der Waals surface area contributed by atoms with Gasteiger partial charge in [0.25, 0.3) is 0 Å². The third-order valence-electron chi connectivity index (χ3n) is 2.75. The number of hydrogen-bond acceptors (Lipinski definition) is 4. The summed E-state index contributed by atoms with van der Waals surface area (Å²) in [5.41, 5.74) is 1.14. The van der Waals surface area contributed by atoms with Crippen LogP contribution in [0.1, 0.15) is 20.8 Å². The molecule has 0 atom stereocenters. The van der Waals surface area contributed by atoms with Gasteiger partial charge in [0.1, 0.15) is 18.0 Å². The average Bonchev–Trinajstić information content (AvgIpc) is 2.40. The van der Waals surface area contributed by atoms with Crippen LogP contribution in [-0.2, 0) is 0 Å². The molecule has 19 heavy (non-hydrogen) atoms. The van der Waals surface area contributed by atoms with Crippen LogP contribution in [0.5, 0.6) is 0 Å². The van der Waals surface area contributed by atoms with Gasteiger partial charge in [-0.3, -0.25) is 0 Å². The molecular formula is C15H20N4. The molecule has 1 aromatic carbocycles. The highest BCUT2D eigenvalue weighted by atomic mass is 15.2. The summed E-state index contributed by atoms with van der Waals surface area (Å²) in [6.07, 6.45) is 1.60. The van der Waals surface area contributed by atoms with Crippen LogP contribution < -0.4 is 10.2 Å². The van der Waals surface area contributed by atoms with Gasteiger partial charge < -0.3 is 10.2 Å². The van der Waals surface area contributed by atoms with Gasteiger partial charge in [-0.1, -0.05) is 18.2 Å². The van der Waals surface area contributed by atoms with Crippen LogP contribution in [0, 0.1) is 0 Å². The standard InChI is InChI=1S/C15H20N4/c1-4-19(13-8-6-5-7-9-13)15-10-14(16-11-17-15)18-12(2)3/h5-12H,4H2,1-3H3,(H,16,17,18). The van der Waals surface area contributed by atoms with Gasteiger partial charge in [0, 0.05) is 24.3 Å². The Morgan fingerprint density at radius 1 is 1.16 bits per heavy atom. The quantitative estimate of drug-likeness (QED) is 0.889. The number of nitrogens with zero attached hydrogens (tertiary/aromatic N) is 3. The lowest BCUT2D eigenvalue weighted by atomic mass is 10.3. The fourth-order valence-corrected chi connectivity index (χ4v) is 1.95. The van der Waals surface area contributed by atoms with Gasteiger partial charge in [-0.25, -0.2) is 9.97 Å². The molecule has 0 radical (unpaired) electrons. The van der Waals surface area contributed by atoms with E-state index in [0.29, 0.717) is 6.04 Å². The van der Waals surface area contributed by atoms with E-state index >= 15 is 0 Å². The van der Waals surface area contributed by atoms with Crippen LogP contribution in [0.15, 0.2) is 42.7 Å². The minimum atomic E-state index is 0.356. The Labute approximate surface area is 114 Å². The second kappa shape index (κ2) is 6.18. The molecule has 1 heterocycles. The number of nitrogens with one attached hydrogen (secondary N) is 1. The largest absolute Gasteiger partial charge is 0.368 e. The molecule has 0 spiro atoms. The molecule has 2 aromatic rings. The van der Waals surface area contributed by atoms with Gasteiger partial charge in [0.15, 0.2) is 0 Å². The van der Waals surface area contributed by atoms with Gasteiger partial charge >= 0.3 is 0 Å². The van der Waals surface area contributed by atoms with Crippen LogP contribution in [0.3, 0.4) is 0 Å². The first kappa shape index (κ1) is 13.3. The molecule has 100 valence electrons. The molecule has 2 rings (SSSR count). The SMILES string of the molecule is CCN(c1ccccc1)c1cc(NC(C)C)ncn1. The normalized spacial score (nSPS) is 10.5. The van der Waals surface area contributed by atoms with E-state index in [-0.39, 0.29) is 0 Å². The Kier molecular flexibility index (Phi) is 4.34. The lowest BCUT2D eigenvalue weighted by molar-refractivity contribution is 0.883. The van der Waals surface area contributed by atoms with Crippen molar-refractivity contribution in [2.75, 3.05) is 16.8 Å². The molecule has 4 heteroatoms. The summed E-state index contributed by atoms with van der Waals surface area (Å²) in [4.78, 5) is 10.8. The van der Waals surface area contributed by atoms with E-state index < -0.39 is 0 Å². The fraction of sp³-hybridized carbons (Fsp3) is 0.333. The number of aromatic nitrogens is 2. The topological polar surface area (TPSA) is 41.0 Å². The van der Waals surface area contributed by atoms with Crippen LogP contribution in [0.25, 0.3) is 0 Å². The predicted molar refractivity (Wildman–Crippen MR) is 79.9 cm³/mol. The Bertz CT molecular complexity index is 511.